The van der Waals surface area contributed by atoms with Crippen molar-refractivity contribution < 1.29 is 9.59 Å². The quantitative estimate of drug-likeness (QED) is 0.272. The Labute approximate surface area is 263 Å². The third-order valence-electron chi connectivity index (χ3n) is 9.51. The molecule has 2 aliphatic heterocycles. The average Bonchev–Trinajstić information content (AvgIpc) is 3.61. The van der Waals surface area contributed by atoms with Crippen LogP contribution in [0.3, 0.4) is 0 Å². The van der Waals surface area contributed by atoms with Crippen molar-refractivity contribution in [3.05, 3.63) is 124 Å². The molecule has 4 heterocycles. The number of hydrogen-bond acceptors (Lipinski definition) is 4. The van der Waals surface area contributed by atoms with E-state index < -0.39 is 0 Å². The Morgan fingerprint density at radius 3 is 2.40 bits per heavy atom. The van der Waals surface area contributed by atoms with Crippen molar-refractivity contribution in [1.82, 2.24) is 24.6 Å². The molecule has 1 N–H and O–H groups in total. The normalized spacial score (nSPS) is 15.8. The largest absolute Gasteiger partial charge is 0.347 e. The van der Waals surface area contributed by atoms with E-state index in [0.717, 1.165) is 54.1 Å². The second-order valence-corrected chi connectivity index (χ2v) is 12.2. The Hall–Kier alpha value is -4.95. The van der Waals surface area contributed by atoms with E-state index >= 15 is 0 Å². The number of benzene rings is 3. The third kappa shape index (κ3) is 5.05. The number of fused-ring (bicyclic) bond motifs is 2. The fourth-order valence-electron chi connectivity index (χ4n) is 6.84. The molecule has 8 nitrogen and oxygen atoms in total. The summed E-state index contributed by atoms with van der Waals surface area (Å²) in [5, 5.41) is 7.80. The molecule has 7 rings (SSSR count). The molecule has 0 bridgehead atoms. The fourth-order valence-corrected chi connectivity index (χ4v) is 6.84. The second kappa shape index (κ2) is 11.5. The first-order valence-electron chi connectivity index (χ1n) is 15.6. The molecule has 0 radical (unpaired) electrons. The number of amides is 2. The van der Waals surface area contributed by atoms with E-state index in [1.54, 1.807) is 15.8 Å². The zero-order valence-corrected chi connectivity index (χ0v) is 26.2. The molecular formula is C37H38N6O2. The standard InChI is InChI=1S/C37H38N6O2/c1-24-18-26-10-8-9-11-28(26)23-42(24)36(44)33-20-29-22-38-16-14-27(29)19-32(33)34-21-31(25(2)40(34)3)37(45)43(30-12-6-5-7-13-30)35-15-17-39-41(35)4/h5-13,15,17,19-21,24,38H,14,16,18,22-23H2,1-4H3/t24-/m1/s1. The van der Waals surface area contributed by atoms with Crippen LogP contribution >= 0.6 is 0 Å². The number of aromatic nitrogens is 3. The first kappa shape index (κ1) is 28.8. The summed E-state index contributed by atoms with van der Waals surface area (Å²) >= 11 is 0. The van der Waals surface area contributed by atoms with Gasteiger partial charge in [0.2, 0.25) is 0 Å². The Morgan fingerprint density at radius 2 is 1.64 bits per heavy atom. The van der Waals surface area contributed by atoms with Crippen LogP contribution in [-0.4, -0.2) is 43.6 Å². The monoisotopic (exact) mass is 598 g/mol. The zero-order chi connectivity index (χ0) is 31.2. The minimum atomic E-state index is -0.152. The van der Waals surface area contributed by atoms with Gasteiger partial charge in [-0.2, -0.15) is 5.10 Å². The zero-order valence-electron chi connectivity index (χ0n) is 26.2. The van der Waals surface area contributed by atoms with E-state index in [2.05, 4.69) is 47.7 Å². The van der Waals surface area contributed by atoms with Crippen LogP contribution in [0.2, 0.25) is 0 Å². The maximum atomic E-state index is 14.5. The first-order valence-corrected chi connectivity index (χ1v) is 15.6. The number of para-hydroxylation sites is 1. The molecule has 0 fully saturated rings. The molecule has 2 amide bonds. The first-order chi connectivity index (χ1) is 21.8. The number of nitrogens with one attached hydrogen (secondary N) is 1. The number of anilines is 2. The molecule has 2 aliphatic rings. The van der Waals surface area contributed by atoms with Crippen LogP contribution in [0.1, 0.15) is 55.6 Å². The van der Waals surface area contributed by atoms with Gasteiger partial charge in [0, 0.05) is 61.8 Å². The molecule has 0 spiro atoms. The molecule has 228 valence electrons. The Morgan fingerprint density at radius 1 is 0.889 bits per heavy atom. The van der Waals surface area contributed by atoms with Crippen molar-refractivity contribution in [2.24, 2.45) is 14.1 Å². The molecule has 8 heteroatoms. The Kier molecular flexibility index (Phi) is 7.37. The number of rotatable bonds is 5. The number of hydrogen-bond donors (Lipinski definition) is 1. The van der Waals surface area contributed by atoms with E-state index in [4.69, 9.17) is 0 Å². The topological polar surface area (TPSA) is 75.4 Å². The summed E-state index contributed by atoms with van der Waals surface area (Å²) in [6, 6.07) is 26.2. The summed E-state index contributed by atoms with van der Waals surface area (Å²) in [7, 11) is 3.81. The predicted octanol–water partition coefficient (Wildman–Crippen LogP) is 5.95. The van der Waals surface area contributed by atoms with Gasteiger partial charge in [-0.25, -0.2) is 0 Å². The van der Waals surface area contributed by atoms with Crippen LogP contribution in [-0.2, 0) is 40.0 Å². The Bertz CT molecular complexity index is 1920. The smallest absolute Gasteiger partial charge is 0.265 e. The van der Waals surface area contributed by atoms with Gasteiger partial charge in [-0.3, -0.25) is 19.2 Å². The van der Waals surface area contributed by atoms with E-state index in [0.29, 0.717) is 23.5 Å². The summed E-state index contributed by atoms with van der Waals surface area (Å²) in [6.45, 7) is 6.31. The van der Waals surface area contributed by atoms with Crippen molar-refractivity contribution in [3.63, 3.8) is 0 Å². The average molecular weight is 599 g/mol. The van der Waals surface area contributed by atoms with Crippen LogP contribution in [0.4, 0.5) is 11.5 Å². The van der Waals surface area contributed by atoms with Crippen molar-refractivity contribution in [1.29, 1.82) is 0 Å². The highest BCUT2D eigenvalue weighted by Crippen LogP contribution is 2.36. The molecule has 0 saturated carbocycles. The van der Waals surface area contributed by atoms with Crippen LogP contribution in [0.5, 0.6) is 0 Å². The van der Waals surface area contributed by atoms with Gasteiger partial charge < -0.3 is 14.8 Å². The van der Waals surface area contributed by atoms with Gasteiger partial charge in [-0.15, -0.1) is 0 Å². The molecule has 0 saturated heterocycles. The predicted molar refractivity (Wildman–Crippen MR) is 177 cm³/mol. The lowest BCUT2D eigenvalue weighted by Crippen LogP contribution is -2.43. The number of carbonyl (C=O) groups is 2. The molecule has 0 aliphatic carbocycles. The molecule has 45 heavy (non-hydrogen) atoms. The highest BCUT2D eigenvalue weighted by molar-refractivity contribution is 6.12. The van der Waals surface area contributed by atoms with E-state index in [1.165, 1.54) is 16.7 Å². The highest BCUT2D eigenvalue weighted by Gasteiger charge is 2.32. The van der Waals surface area contributed by atoms with Gasteiger partial charge in [0.1, 0.15) is 5.82 Å². The maximum Gasteiger partial charge on any atom is 0.265 e. The third-order valence-corrected chi connectivity index (χ3v) is 9.51. The summed E-state index contributed by atoms with van der Waals surface area (Å²) in [5.74, 6) is 0.542. The van der Waals surface area contributed by atoms with Crippen LogP contribution in [0.25, 0.3) is 11.3 Å². The SMILES string of the molecule is Cc1c(C(=O)N(c2ccccc2)c2ccnn2C)cc(-c2cc3c(cc2C(=O)N2Cc4ccccc4C[C@H]2C)CNCC3)n1C. The lowest BCUT2D eigenvalue weighted by Gasteiger charge is -2.35. The minimum absolute atomic E-state index is 0.0212. The van der Waals surface area contributed by atoms with Gasteiger partial charge in [0.15, 0.2) is 0 Å². The van der Waals surface area contributed by atoms with Gasteiger partial charge in [-0.05, 0) is 85.8 Å². The van der Waals surface area contributed by atoms with Crippen LogP contribution < -0.4 is 10.2 Å². The fraction of sp³-hybridized carbons (Fsp3) is 0.270. The van der Waals surface area contributed by atoms with Gasteiger partial charge in [-0.1, -0.05) is 42.5 Å². The molecule has 5 aromatic rings. The molecule has 2 aromatic heterocycles. The maximum absolute atomic E-state index is 14.5. The molecule has 0 unspecified atom stereocenters. The Balaban J connectivity index is 1.34. The number of aryl methyl sites for hydroxylation is 1. The van der Waals surface area contributed by atoms with Gasteiger partial charge >= 0.3 is 0 Å². The van der Waals surface area contributed by atoms with Gasteiger partial charge in [0.25, 0.3) is 11.8 Å². The van der Waals surface area contributed by atoms with Crippen LogP contribution in [0, 0.1) is 6.92 Å². The minimum Gasteiger partial charge on any atom is -0.347 e. The van der Waals surface area contributed by atoms with Crippen molar-refractivity contribution in [3.8, 4) is 11.3 Å². The number of nitrogens with zero attached hydrogens (tertiary/aromatic N) is 5. The summed E-state index contributed by atoms with van der Waals surface area (Å²) in [5.41, 5.74) is 9.46. The van der Waals surface area contributed by atoms with Gasteiger partial charge in [0.05, 0.1) is 17.4 Å². The lowest BCUT2D eigenvalue weighted by molar-refractivity contribution is 0.0658. The lowest BCUT2D eigenvalue weighted by atomic mass is 9.90. The highest BCUT2D eigenvalue weighted by atomic mass is 16.2. The van der Waals surface area contributed by atoms with E-state index in [1.807, 2.05) is 79.0 Å². The molecular weight excluding hydrogens is 560 g/mol. The molecule has 3 aromatic carbocycles. The summed E-state index contributed by atoms with van der Waals surface area (Å²) in [6.07, 6.45) is 3.42. The number of carbonyl (C=O) groups excluding carboxylic acids is 2. The van der Waals surface area contributed by atoms with E-state index in [9.17, 15) is 9.59 Å². The second-order valence-electron chi connectivity index (χ2n) is 12.2. The van der Waals surface area contributed by atoms with Crippen molar-refractivity contribution in [2.45, 2.75) is 45.8 Å². The van der Waals surface area contributed by atoms with Crippen molar-refractivity contribution >= 4 is 23.3 Å². The summed E-state index contributed by atoms with van der Waals surface area (Å²) < 4.78 is 3.75. The van der Waals surface area contributed by atoms with Crippen LogP contribution in [0.15, 0.2) is 85.1 Å². The summed E-state index contributed by atoms with van der Waals surface area (Å²) in [4.78, 5) is 32.7. The van der Waals surface area contributed by atoms with E-state index in [-0.39, 0.29) is 17.9 Å². The van der Waals surface area contributed by atoms with Crippen molar-refractivity contribution in [2.75, 3.05) is 11.4 Å². The molecule has 1 atom stereocenters.